The number of rotatable bonds is 6. The highest BCUT2D eigenvalue weighted by Crippen LogP contribution is 2.23. The standard InChI is InChI=1S/C12H20BrN3OS/c1-5-12(6-2,7-13)14-11(17)10-9(8(3)4)15-16-18-10/h8H,5-7H2,1-4H3,(H,14,17). The number of nitrogens with zero attached hydrogens (tertiary/aromatic N) is 2. The van der Waals surface area contributed by atoms with E-state index >= 15 is 0 Å². The van der Waals surface area contributed by atoms with Crippen LogP contribution in [0.5, 0.6) is 0 Å². The van der Waals surface area contributed by atoms with Gasteiger partial charge in [-0.3, -0.25) is 4.79 Å². The SMILES string of the molecule is CCC(CC)(CBr)NC(=O)c1snnc1C(C)C. The third kappa shape index (κ3) is 3.29. The normalized spacial score (nSPS) is 11.9. The van der Waals surface area contributed by atoms with Gasteiger partial charge in [-0.2, -0.15) is 0 Å². The molecule has 0 aliphatic rings. The fraction of sp³-hybridized carbons (Fsp3) is 0.750. The molecule has 0 radical (unpaired) electrons. The molecule has 0 saturated carbocycles. The topological polar surface area (TPSA) is 54.9 Å². The van der Waals surface area contributed by atoms with E-state index < -0.39 is 0 Å². The predicted molar refractivity (Wildman–Crippen MR) is 78.6 cm³/mol. The summed E-state index contributed by atoms with van der Waals surface area (Å²) in [5.41, 5.74) is 0.600. The third-order valence-corrected chi connectivity index (χ3v) is 5.07. The highest BCUT2D eigenvalue weighted by molar-refractivity contribution is 9.09. The number of hydrogen-bond acceptors (Lipinski definition) is 4. The van der Waals surface area contributed by atoms with E-state index in [9.17, 15) is 4.79 Å². The molecule has 1 amide bonds. The summed E-state index contributed by atoms with van der Waals surface area (Å²) in [5.74, 6) is 0.156. The number of halogens is 1. The molecule has 18 heavy (non-hydrogen) atoms. The second-order valence-corrected chi connectivity index (χ2v) is 6.03. The Bertz CT molecular complexity index is 394. The lowest BCUT2D eigenvalue weighted by Crippen LogP contribution is -2.49. The van der Waals surface area contributed by atoms with Crippen LogP contribution in [0.25, 0.3) is 0 Å². The molecule has 0 aromatic carbocycles. The number of nitrogens with one attached hydrogen (secondary N) is 1. The monoisotopic (exact) mass is 333 g/mol. The van der Waals surface area contributed by atoms with Gasteiger partial charge >= 0.3 is 0 Å². The Labute approximate surface area is 121 Å². The van der Waals surface area contributed by atoms with Crippen LogP contribution in [0.4, 0.5) is 0 Å². The van der Waals surface area contributed by atoms with Crippen molar-refractivity contribution < 1.29 is 4.79 Å². The molecule has 1 aromatic rings. The van der Waals surface area contributed by atoms with Crippen molar-refractivity contribution in [2.24, 2.45) is 0 Å². The molecule has 1 aromatic heterocycles. The summed E-state index contributed by atoms with van der Waals surface area (Å²) in [6.45, 7) is 8.20. The Balaban J connectivity index is 2.91. The second kappa shape index (κ2) is 6.61. The summed E-state index contributed by atoms with van der Waals surface area (Å²) < 4.78 is 3.89. The van der Waals surface area contributed by atoms with Crippen molar-refractivity contribution in [1.29, 1.82) is 0 Å². The first-order valence-electron chi connectivity index (χ1n) is 6.20. The molecule has 0 aliphatic carbocycles. The molecule has 0 bridgehead atoms. The molecule has 0 fully saturated rings. The molecule has 0 spiro atoms. The largest absolute Gasteiger partial charge is 0.345 e. The van der Waals surface area contributed by atoms with Crippen LogP contribution in [-0.2, 0) is 0 Å². The Morgan fingerprint density at radius 3 is 2.50 bits per heavy atom. The average Bonchev–Trinajstić information content (AvgIpc) is 2.85. The summed E-state index contributed by atoms with van der Waals surface area (Å²) in [7, 11) is 0. The van der Waals surface area contributed by atoms with Gasteiger partial charge in [0.05, 0.1) is 5.69 Å². The highest BCUT2D eigenvalue weighted by Gasteiger charge is 2.29. The van der Waals surface area contributed by atoms with Gasteiger partial charge in [-0.25, -0.2) is 0 Å². The van der Waals surface area contributed by atoms with Crippen LogP contribution in [0.2, 0.25) is 0 Å². The maximum atomic E-state index is 12.3. The lowest BCUT2D eigenvalue weighted by atomic mass is 9.95. The summed E-state index contributed by atoms with van der Waals surface area (Å²) in [4.78, 5) is 13.0. The van der Waals surface area contributed by atoms with Crippen molar-refractivity contribution in [1.82, 2.24) is 14.9 Å². The smallest absolute Gasteiger partial charge is 0.265 e. The first kappa shape index (κ1) is 15.6. The molecule has 0 saturated heterocycles. The summed E-state index contributed by atoms with van der Waals surface area (Å²) in [5, 5.41) is 7.91. The van der Waals surface area contributed by atoms with E-state index in [0.29, 0.717) is 4.88 Å². The lowest BCUT2D eigenvalue weighted by Gasteiger charge is -2.30. The first-order chi connectivity index (χ1) is 8.49. The third-order valence-electron chi connectivity index (χ3n) is 3.25. The van der Waals surface area contributed by atoms with Crippen LogP contribution in [0.1, 0.15) is 61.8 Å². The molecule has 102 valence electrons. The Morgan fingerprint density at radius 1 is 1.44 bits per heavy atom. The Morgan fingerprint density at radius 2 is 2.06 bits per heavy atom. The highest BCUT2D eigenvalue weighted by atomic mass is 79.9. The van der Waals surface area contributed by atoms with Crippen LogP contribution < -0.4 is 5.32 Å². The molecular weight excluding hydrogens is 314 g/mol. The van der Waals surface area contributed by atoms with E-state index in [1.54, 1.807) is 0 Å². The van der Waals surface area contributed by atoms with E-state index in [0.717, 1.165) is 23.9 Å². The van der Waals surface area contributed by atoms with Gasteiger partial charge in [0, 0.05) is 10.9 Å². The van der Waals surface area contributed by atoms with Crippen molar-refractivity contribution in [3.8, 4) is 0 Å². The lowest BCUT2D eigenvalue weighted by molar-refractivity contribution is 0.0906. The van der Waals surface area contributed by atoms with Gasteiger partial charge in [0.1, 0.15) is 4.88 Å². The number of amides is 1. The van der Waals surface area contributed by atoms with E-state index in [4.69, 9.17) is 0 Å². The minimum absolute atomic E-state index is 0.0585. The van der Waals surface area contributed by atoms with Gasteiger partial charge in [-0.05, 0) is 30.3 Å². The number of hydrogen-bond donors (Lipinski definition) is 1. The van der Waals surface area contributed by atoms with Gasteiger partial charge in [-0.15, -0.1) is 5.10 Å². The predicted octanol–water partition coefficient (Wildman–Crippen LogP) is 3.35. The fourth-order valence-corrected chi connectivity index (χ4v) is 3.33. The van der Waals surface area contributed by atoms with Crippen LogP contribution >= 0.6 is 27.5 Å². The van der Waals surface area contributed by atoms with Crippen LogP contribution in [0, 0.1) is 0 Å². The fourth-order valence-electron chi connectivity index (χ4n) is 1.68. The second-order valence-electron chi connectivity index (χ2n) is 4.72. The van der Waals surface area contributed by atoms with E-state index in [1.165, 1.54) is 11.5 Å². The van der Waals surface area contributed by atoms with Gasteiger partial charge in [0.25, 0.3) is 5.91 Å². The van der Waals surface area contributed by atoms with Crippen molar-refractivity contribution >= 4 is 33.4 Å². The van der Waals surface area contributed by atoms with Crippen molar-refractivity contribution in [2.45, 2.75) is 52.0 Å². The average molecular weight is 334 g/mol. The molecule has 1 N–H and O–H groups in total. The first-order valence-corrected chi connectivity index (χ1v) is 8.09. The van der Waals surface area contributed by atoms with Crippen LogP contribution in [0.15, 0.2) is 0 Å². The number of alkyl halides is 1. The number of aromatic nitrogens is 2. The van der Waals surface area contributed by atoms with Crippen LogP contribution in [0.3, 0.4) is 0 Å². The zero-order chi connectivity index (χ0) is 13.8. The molecule has 0 unspecified atom stereocenters. The molecule has 4 nitrogen and oxygen atoms in total. The number of carbonyl (C=O) groups excluding carboxylic acids is 1. The van der Waals surface area contributed by atoms with Crippen molar-refractivity contribution in [3.63, 3.8) is 0 Å². The zero-order valence-corrected chi connectivity index (χ0v) is 13.7. The molecule has 1 heterocycles. The van der Waals surface area contributed by atoms with Gasteiger partial charge in [0.2, 0.25) is 0 Å². The zero-order valence-electron chi connectivity index (χ0n) is 11.3. The van der Waals surface area contributed by atoms with Gasteiger partial charge in [-0.1, -0.05) is 48.1 Å². The summed E-state index contributed by atoms with van der Waals surface area (Å²) in [6.07, 6.45) is 1.79. The minimum atomic E-state index is -0.185. The Kier molecular flexibility index (Phi) is 5.72. The van der Waals surface area contributed by atoms with E-state index in [-0.39, 0.29) is 17.4 Å². The summed E-state index contributed by atoms with van der Waals surface area (Å²) >= 11 is 4.66. The number of carbonyl (C=O) groups is 1. The van der Waals surface area contributed by atoms with Gasteiger partial charge < -0.3 is 5.32 Å². The van der Waals surface area contributed by atoms with Crippen molar-refractivity contribution in [3.05, 3.63) is 10.6 Å². The minimum Gasteiger partial charge on any atom is -0.345 e. The van der Waals surface area contributed by atoms with E-state index in [2.05, 4.69) is 44.7 Å². The molecular formula is C12H20BrN3OS. The molecule has 0 aliphatic heterocycles. The molecule has 6 heteroatoms. The van der Waals surface area contributed by atoms with Crippen LogP contribution in [-0.4, -0.2) is 26.4 Å². The Hall–Kier alpha value is -0.490. The molecule has 1 rings (SSSR count). The maximum absolute atomic E-state index is 12.3. The maximum Gasteiger partial charge on any atom is 0.265 e. The summed E-state index contributed by atoms with van der Waals surface area (Å²) in [6, 6.07) is 0. The van der Waals surface area contributed by atoms with E-state index in [1.807, 2.05) is 13.8 Å². The van der Waals surface area contributed by atoms with Gasteiger partial charge in [0.15, 0.2) is 0 Å². The van der Waals surface area contributed by atoms with Crippen molar-refractivity contribution in [2.75, 3.05) is 5.33 Å². The molecule has 0 atom stereocenters. The quantitative estimate of drug-likeness (QED) is 0.812.